The number of hydrogen-bond acceptors (Lipinski definition) is 10. The molecule has 0 bridgehead atoms. The highest BCUT2D eigenvalue weighted by molar-refractivity contribution is 7.99. The number of aromatic nitrogens is 3. The molecule has 0 saturated carbocycles. The monoisotopic (exact) mass is 814 g/mol. The summed E-state index contributed by atoms with van der Waals surface area (Å²) in [6, 6.07) is 18.6. The van der Waals surface area contributed by atoms with Crippen molar-refractivity contribution in [3.05, 3.63) is 108 Å². The van der Waals surface area contributed by atoms with E-state index in [4.69, 9.17) is 9.72 Å². The standard InChI is InChI=1S/C44H46N8O6S/c1-6-40(53)47-33-22-27(23-39-45-18-16-32(46-39)30-25-51(4)34-12-8-7-10-28(30)34)37(58-5)24-36(33)49(2)19-20-50(3)42(55)17-21-59-38-13-9-11-29-31(38)26-52(44(29)57)35-14-15-41(54)48-43(35)56/h6-13,16,18,22,24-25,35H,1,14-15,17,19-21,23,26H2,2-5H3,(H,47,53)(H,48,54,56). The Kier molecular flexibility index (Phi) is 12.1. The van der Waals surface area contributed by atoms with Crippen molar-refractivity contribution in [1.29, 1.82) is 0 Å². The molecular formula is C44H46N8O6S. The Hall–Kier alpha value is -6.48. The van der Waals surface area contributed by atoms with E-state index >= 15 is 0 Å². The number of carbonyl (C=O) groups is 5. The summed E-state index contributed by atoms with van der Waals surface area (Å²) in [6.45, 7) is 4.76. The van der Waals surface area contributed by atoms with Gasteiger partial charge in [0.05, 0.1) is 24.2 Å². The van der Waals surface area contributed by atoms with Gasteiger partial charge in [0, 0.05) is 117 Å². The summed E-state index contributed by atoms with van der Waals surface area (Å²) in [7, 11) is 7.25. The maximum atomic E-state index is 13.3. The van der Waals surface area contributed by atoms with Crippen molar-refractivity contribution < 1.29 is 28.7 Å². The molecule has 4 heterocycles. The number of likely N-dealkylation sites (N-methyl/N-ethyl adjacent to an activating group) is 2. The van der Waals surface area contributed by atoms with Gasteiger partial charge in [-0.3, -0.25) is 29.3 Å². The minimum absolute atomic E-state index is 0.0430. The number of para-hydroxylation sites is 1. The van der Waals surface area contributed by atoms with Gasteiger partial charge in [0.25, 0.3) is 5.91 Å². The van der Waals surface area contributed by atoms with Crippen LogP contribution < -0.4 is 20.3 Å². The molecule has 1 unspecified atom stereocenters. The summed E-state index contributed by atoms with van der Waals surface area (Å²) in [4.78, 5) is 78.9. The molecule has 2 aromatic heterocycles. The molecule has 0 aliphatic carbocycles. The zero-order chi connectivity index (χ0) is 41.8. The van der Waals surface area contributed by atoms with Crippen molar-refractivity contribution in [2.24, 2.45) is 7.05 Å². The fraction of sp³-hybridized carbons (Fsp3) is 0.295. The molecule has 59 heavy (non-hydrogen) atoms. The number of nitrogens with one attached hydrogen (secondary N) is 2. The Bertz CT molecular complexity index is 2480. The van der Waals surface area contributed by atoms with Gasteiger partial charge in [0.15, 0.2) is 0 Å². The van der Waals surface area contributed by atoms with Crippen molar-refractivity contribution in [2.75, 3.05) is 50.3 Å². The number of methoxy groups -OCH3 is 1. The summed E-state index contributed by atoms with van der Waals surface area (Å²) in [5.41, 5.74) is 6.31. The van der Waals surface area contributed by atoms with Crippen LogP contribution in [0.3, 0.4) is 0 Å². The molecule has 1 fully saturated rings. The average Bonchev–Trinajstić information content (AvgIpc) is 3.76. The first-order valence-electron chi connectivity index (χ1n) is 19.3. The predicted molar refractivity (Wildman–Crippen MR) is 227 cm³/mol. The van der Waals surface area contributed by atoms with E-state index in [0.717, 1.165) is 38.2 Å². The van der Waals surface area contributed by atoms with E-state index in [0.29, 0.717) is 60.2 Å². The van der Waals surface area contributed by atoms with Gasteiger partial charge in [-0.05, 0) is 48.4 Å². The highest BCUT2D eigenvalue weighted by Crippen LogP contribution is 2.37. The number of amides is 5. The minimum atomic E-state index is -0.688. The van der Waals surface area contributed by atoms with Crippen molar-refractivity contribution in [3.8, 4) is 17.0 Å². The Morgan fingerprint density at radius 2 is 1.88 bits per heavy atom. The maximum absolute atomic E-state index is 13.3. The lowest BCUT2D eigenvalue weighted by atomic mass is 10.0. The van der Waals surface area contributed by atoms with Gasteiger partial charge in [-0.15, -0.1) is 11.8 Å². The molecule has 7 rings (SSSR count). The smallest absolute Gasteiger partial charge is 0.255 e. The van der Waals surface area contributed by atoms with Gasteiger partial charge < -0.3 is 29.3 Å². The number of rotatable bonds is 15. The molecule has 304 valence electrons. The second-order valence-electron chi connectivity index (χ2n) is 14.6. The van der Waals surface area contributed by atoms with E-state index in [1.807, 2.05) is 61.5 Å². The van der Waals surface area contributed by atoms with Gasteiger partial charge in [0.1, 0.15) is 17.6 Å². The molecule has 3 aromatic carbocycles. The molecule has 5 amide bonds. The normalized spacial score (nSPS) is 14.9. The third kappa shape index (κ3) is 8.70. The number of fused-ring (bicyclic) bond motifs is 2. The molecule has 15 heteroatoms. The Morgan fingerprint density at radius 3 is 2.66 bits per heavy atom. The Morgan fingerprint density at radius 1 is 1.07 bits per heavy atom. The highest BCUT2D eigenvalue weighted by Gasteiger charge is 2.39. The van der Waals surface area contributed by atoms with E-state index in [1.54, 1.807) is 31.3 Å². The van der Waals surface area contributed by atoms with Crippen LogP contribution in [-0.2, 0) is 39.2 Å². The molecule has 2 aliphatic heterocycles. The zero-order valence-corrected chi connectivity index (χ0v) is 34.3. The molecule has 2 aliphatic rings. The molecule has 1 atom stereocenters. The molecule has 5 aromatic rings. The van der Waals surface area contributed by atoms with Gasteiger partial charge >= 0.3 is 0 Å². The van der Waals surface area contributed by atoms with E-state index in [-0.39, 0.29) is 43.0 Å². The van der Waals surface area contributed by atoms with Crippen LogP contribution in [0.4, 0.5) is 11.4 Å². The number of carbonyl (C=O) groups excluding carboxylic acids is 5. The van der Waals surface area contributed by atoms with Crippen LogP contribution >= 0.6 is 11.8 Å². The third-order valence-electron chi connectivity index (χ3n) is 10.8. The molecule has 0 radical (unpaired) electrons. The number of ether oxygens (including phenoxy) is 1. The summed E-state index contributed by atoms with van der Waals surface area (Å²) < 4.78 is 7.94. The topological polar surface area (TPSA) is 159 Å². The number of nitrogens with zero attached hydrogens (tertiary/aromatic N) is 6. The Balaban J connectivity index is 0.990. The third-order valence-corrected chi connectivity index (χ3v) is 11.9. The minimum Gasteiger partial charge on any atom is -0.496 e. The van der Waals surface area contributed by atoms with Crippen molar-refractivity contribution in [3.63, 3.8) is 0 Å². The molecule has 2 N–H and O–H groups in total. The van der Waals surface area contributed by atoms with E-state index < -0.39 is 11.9 Å². The second-order valence-corrected chi connectivity index (χ2v) is 15.7. The van der Waals surface area contributed by atoms with Crippen LogP contribution in [0.5, 0.6) is 5.75 Å². The Labute approximate surface area is 346 Å². The van der Waals surface area contributed by atoms with E-state index in [2.05, 4.69) is 45.1 Å². The fourth-order valence-electron chi connectivity index (χ4n) is 7.57. The highest BCUT2D eigenvalue weighted by atomic mass is 32.2. The van der Waals surface area contributed by atoms with Gasteiger partial charge in [-0.25, -0.2) is 9.97 Å². The molecule has 14 nitrogen and oxygen atoms in total. The number of thioether (sulfide) groups is 1. The molecule has 1 saturated heterocycles. The van der Waals surface area contributed by atoms with Crippen molar-refractivity contribution in [1.82, 2.24) is 29.7 Å². The quantitative estimate of drug-likeness (QED) is 0.0818. The van der Waals surface area contributed by atoms with Crippen LogP contribution in [0.2, 0.25) is 0 Å². The molecular weight excluding hydrogens is 769 g/mol. The van der Waals surface area contributed by atoms with Crippen LogP contribution in [0.25, 0.3) is 22.2 Å². The summed E-state index contributed by atoms with van der Waals surface area (Å²) in [6.07, 6.45) is 6.13. The predicted octanol–water partition coefficient (Wildman–Crippen LogP) is 5.20. The first-order chi connectivity index (χ1) is 28.4. The summed E-state index contributed by atoms with van der Waals surface area (Å²) in [5.74, 6) is 0.263. The first kappa shape index (κ1) is 40.7. The number of benzene rings is 3. The van der Waals surface area contributed by atoms with E-state index in [1.165, 1.54) is 22.7 Å². The first-order valence-corrected chi connectivity index (χ1v) is 20.3. The maximum Gasteiger partial charge on any atom is 0.255 e. The van der Waals surface area contributed by atoms with Gasteiger partial charge in [-0.2, -0.15) is 0 Å². The van der Waals surface area contributed by atoms with Gasteiger partial charge in [0.2, 0.25) is 23.6 Å². The summed E-state index contributed by atoms with van der Waals surface area (Å²) in [5, 5.41) is 6.37. The summed E-state index contributed by atoms with van der Waals surface area (Å²) >= 11 is 1.50. The second kappa shape index (κ2) is 17.6. The lowest BCUT2D eigenvalue weighted by Crippen LogP contribution is -2.52. The number of anilines is 2. The number of hydrogen-bond donors (Lipinski definition) is 2. The SMILES string of the molecule is C=CC(=O)Nc1cc(Cc2nccc(-c3cn(C)c4ccccc34)n2)c(OC)cc1N(C)CCN(C)C(=O)CCSc1cccc2c1CN(C1CCC(=O)NC1=O)C2=O. The average molecular weight is 815 g/mol. The largest absolute Gasteiger partial charge is 0.496 e. The number of imide groups is 1. The lowest BCUT2D eigenvalue weighted by Gasteiger charge is -2.29. The van der Waals surface area contributed by atoms with Crippen LogP contribution in [0, 0.1) is 0 Å². The van der Waals surface area contributed by atoms with Crippen molar-refractivity contribution in [2.45, 2.75) is 43.2 Å². The fourth-order valence-corrected chi connectivity index (χ4v) is 8.59. The number of aryl methyl sites for hydroxylation is 1. The lowest BCUT2D eigenvalue weighted by molar-refractivity contribution is -0.137. The van der Waals surface area contributed by atoms with Gasteiger partial charge in [-0.1, -0.05) is 30.8 Å². The van der Waals surface area contributed by atoms with Crippen LogP contribution in [0.1, 0.15) is 46.6 Å². The number of piperidine rings is 1. The zero-order valence-electron chi connectivity index (χ0n) is 33.5. The molecule has 0 spiro atoms. The van der Waals surface area contributed by atoms with Crippen LogP contribution in [-0.4, -0.2) is 100.0 Å². The van der Waals surface area contributed by atoms with Crippen LogP contribution in [0.15, 0.2) is 90.6 Å². The van der Waals surface area contributed by atoms with Crippen molar-refractivity contribution >= 4 is 63.6 Å². The van der Waals surface area contributed by atoms with E-state index in [9.17, 15) is 24.0 Å².